The van der Waals surface area contributed by atoms with Crippen LogP contribution in [0.2, 0.25) is 0 Å². The summed E-state index contributed by atoms with van der Waals surface area (Å²) < 4.78 is 11.4. The molecule has 1 amide bonds. The molecule has 0 saturated heterocycles. The molecule has 0 bridgehead atoms. The zero-order valence-corrected chi connectivity index (χ0v) is 13.9. The van der Waals surface area contributed by atoms with Crippen molar-refractivity contribution in [1.29, 1.82) is 0 Å². The number of ether oxygens (including phenoxy) is 1. The normalized spacial score (nSPS) is 10.9. The van der Waals surface area contributed by atoms with E-state index in [1.165, 1.54) is 24.5 Å². The predicted octanol–water partition coefficient (Wildman–Crippen LogP) is 3.66. The van der Waals surface area contributed by atoms with Crippen LogP contribution in [0.3, 0.4) is 0 Å². The van der Waals surface area contributed by atoms with Crippen LogP contribution in [0.4, 0.5) is 5.13 Å². The quantitative estimate of drug-likeness (QED) is 0.569. The lowest BCUT2D eigenvalue weighted by Crippen LogP contribution is -2.20. The Morgan fingerprint density at radius 2 is 2.04 bits per heavy atom. The zero-order chi connectivity index (χ0) is 17.4. The van der Waals surface area contributed by atoms with Crippen LogP contribution >= 0.6 is 11.3 Å². The highest BCUT2D eigenvalue weighted by molar-refractivity contribution is 7.22. The molecule has 2 aromatic carbocycles. The molecule has 124 valence electrons. The van der Waals surface area contributed by atoms with E-state index >= 15 is 0 Å². The van der Waals surface area contributed by atoms with Gasteiger partial charge in [0, 0.05) is 5.39 Å². The van der Waals surface area contributed by atoms with Crippen molar-refractivity contribution >= 4 is 43.6 Å². The fraction of sp³-hybridized carbons (Fsp3) is 0.0556. The first-order chi connectivity index (χ1) is 12.2. The monoisotopic (exact) mass is 352 g/mol. The fourth-order valence-electron chi connectivity index (χ4n) is 2.53. The first-order valence-electron chi connectivity index (χ1n) is 7.43. The van der Waals surface area contributed by atoms with E-state index in [0.717, 1.165) is 10.2 Å². The Balaban J connectivity index is 1.72. The topological polar surface area (TPSA) is 81.4 Å². The molecule has 4 rings (SSSR count). The smallest absolute Gasteiger partial charge is 0.349 e. The summed E-state index contributed by atoms with van der Waals surface area (Å²) in [5.74, 6) is -0.120. The lowest BCUT2D eigenvalue weighted by molar-refractivity contribution is 0.102. The van der Waals surface area contributed by atoms with Gasteiger partial charge in [0.05, 0.1) is 17.3 Å². The van der Waals surface area contributed by atoms with Crippen LogP contribution in [0.15, 0.2) is 57.7 Å². The first kappa shape index (κ1) is 15.3. The molecular weight excluding hydrogens is 340 g/mol. The number of hydrogen-bond acceptors (Lipinski definition) is 6. The van der Waals surface area contributed by atoms with Crippen molar-refractivity contribution in [3.05, 3.63) is 64.5 Å². The standard InChI is InChI=1S/C18H12N2O4S/c1-23-13-7-4-5-10-9-11(17(22)24-15(10)13)16(21)20-18-19-12-6-2-3-8-14(12)25-18/h2-9H,1H3,(H,19,20,21). The number of carbonyl (C=O) groups is 1. The molecular formula is C18H12N2O4S. The summed E-state index contributed by atoms with van der Waals surface area (Å²) >= 11 is 1.34. The van der Waals surface area contributed by atoms with Crippen molar-refractivity contribution in [2.45, 2.75) is 0 Å². The summed E-state index contributed by atoms with van der Waals surface area (Å²) in [5.41, 5.74) is 0.292. The van der Waals surface area contributed by atoms with Crippen molar-refractivity contribution in [2.24, 2.45) is 0 Å². The number of nitrogens with one attached hydrogen (secondary N) is 1. The Hall–Kier alpha value is -3.19. The second-order valence-electron chi connectivity index (χ2n) is 5.27. The van der Waals surface area contributed by atoms with E-state index in [4.69, 9.17) is 9.15 Å². The fourth-order valence-corrected chi connectivity index (χ4v) is 3.39. The Bertz CT molecular complexity index is 1130. The molecule has 0 aliphatic heterocycles. The summed E-state index contributed by atoms with van der Waals surface area (Å²) in [7, 11) is 1.49. The van der Waals surface area contributed by atoms with Crippen LogP contribution in [-0.2, 0) is 0 Å². The number of hydrogen-bond donors (Lipinski definition) is 1. The summed E-state index contributed by atoms with van der Waals surface area (Å²) in [6, 6.07) is 14.2. The molecule has 0 atom stereocenters. The number of carbonyl (C=O) groups excluding carboxylic acids is 1. The van der Waals surface area contributed by atoms with Crippen molar-refractivity contribution < 1.29 is 13.9 Å². The molecule has 2 heterocycles. The van der Waals surface area contributed by atoms with E-state index < -0.39 is 11.5 Å². The molecule has 0 aliphatic carbocycles. The summed E-state index contributed by atoms with van der Waals surface area (Å²) in [6.45, 7) is 0. The van der Waals surface area contributed by atoms with E-state index in [2.05, 4.69) is 10.3 Å². The van der Waals surface area contributed by atoms with E-state index in [1.807, 2.05) is 24.3 Å². The largest absolute Gasteiger partial charge is 0.493 e. The van der Waals surface area contributed by atoms with E-state index in [-0.39, 0.29) is 5.56 Å². The predicted molar refractivity (Wildman–Crippen MR) is 96.6 cm³/mol. The molecule has 0 saturated carbocycles. The number of rotatable bonds is 3. The van der Waals surface area contributed by atoms with Gasteiger partial charge in [-0.1, -0.05) is 35.6 Å². The molecule has 1 N–H and O–H groups in total. The van der Waals surface area contributed by atoms with Gasteiger partial charge in [-0.25, -0.2) is 9.78 Å². The average molecular weight is 352 g/mol. The molecule has 25 heavy (non-hydrogen) atoms. The summed E-state index contributed by atoms with van der Waals surface area (Å²) in [4.78, 5) is 29.0. The highest BCUT2D eigenvalue weighted by Crippen LogP contribution is 2.27. The molecule has 4 aromatic rings. The minimum absolute atomic E-state index is 0.0833. The third-order valence-corrected chi connectivity index (χ3v) is 4.65. The van der Waals surface area contributed by atoms with Gasteiger partial charge in [-0.2, -0.15) is 0 Å². The molecule has 0 spiro atoms. The van der Waals surface area contributed by atoms with Crippen LogP contribution < -0.4 is 15.7 Å². The maximum absolute atomic E-state index is 12.5. The highest BCUT2D eigenvalue weighted by Gasteiger charge is 2.17. The second-order valence-corrected chi connectivity index (χ2v) is 6.30. The highest BCUT2D eigenvalue weighted by atomic mass is 32.1. The number of thiazole rings is 1. The van der Waals surface area contributed by atoms with Gasteiger partial charge >= 0.3 is 5.63 Å². The van der Waals surface area contributed by atoms with E-state index in [0.29, 0.717) is 21.9 Å². The number of aromatic nitrogens is 1. The Kier molecular flexibility index (Phi) is 3.70. The summed E-state index contributed by atoms with van der Waals surface area (Å²) in [5, 5.41) is 3.69. The SMILES string of the molecule is COc1cccc2cc(C(=O)Nc3nc4ccccc4s3)c(=O)oc12. The second kappa shape index (κ2) is 6.03. The zero-order valence-electron chi connectivity index (χ0n) is 13.1. The van der Waals surface area contributed by atoms with Gasteiger partial charge in [0.2, 0.25) is 0 Å². The number of anilines is 1. The minimum atomic E-state index is -0.726. The van der Waals surface area contributed by atoms with Crippen LogP contribution in [0, 0.1) is 0 Å². The van der Waals surface area contributed by atoms with Crippen LogP contribution in [0.25, 0.3) is 21.2 Å². The lowest BCUT2D eigenvalue weighted by atomic mass is 10.1. The molecule has 0 radical (unpaired) electrons. The van der Waals surface area contributed by atoms with Gasteiger partial charge < -0.3 is 9.15 Å². The molecule has 2 aromatic heterocycles. The van der Waals surface area contributed by atoms with Gasteiger partial charge in [-0.05, 0) is 24.3 Å². The number of nitrogens with zero attached hydrogens (tertiary/aromatic N) is 1. The van der Waals surface area contributed by atoms with Crippen LogP contribution in [0.5, 0.6) is 5.75 Å². The van der Waals surface area contributed by atoms with E-state index in [1.54, 1.807) is 18.2 Å². The van der Waals surface area contributed by atoms with Gasteiger partial charge in [0.1, 0.15) is 5.56 Å². The van der Waals surface area contributed by atoms with Gasteiger partial charge in [-0.15, -0.1) is 0 Å². The maximum Gasteiger partial charge on any atom is 0.349 e. The van der Waals surface area contributed by atoms with Crippen molar-refractivity contribution in [1.82, 2.24) is 4.98 Å². The van der Waals surface area contributed by atoms with Crippen molar-refractivity contribution in [2.75, 3.05) is 12.4 Å². The number of amides is 1. The summed E-state index contributed by atoms with van der Waals surface area (Å²) in [6.07, 6.45) is 0. The van der Waals surface area contributed by atoms with Gasteiger partial charge in [-0.3, -0.25) is 10.1 Å². The third-order valence-electron chi connectivity index (χ3n) is 3.70. The Morgan fingerprint density at radius 1 is 1.20 bits per heavy atom. The van der Waals surface area contributed by atoms with E-state index in [9.17, 15) is 9.59 Å². The number of benzene rings is 2. The lowest BCUT2D eigenvalue weighted by Gasteiger charge is -2.05. The Labute approximate surface area is 145 Å². The van der Waals surface area contributed by atoms with Crippen LogP contribution in [-0.4, -0.2) is 18.0 Å². The molecule has 0 fully saturated rings. The van der Waals surface area contributed by atoms with Gasteiger partial charge in [0.25, 0.3) is 5.91 Å². The first-order valence-corrected chi connectivity index (χ1v) is 8.25. The van der Waals surface area contributed by atoms with Gasteiger partial charge in [0.15, 0.2) is 16.5 Å². The molecule has 0 unspecified atom stereocenters. The minimum Gasteiger partial charge on any atom is -0.493 e. The molecule has 0 aliphatic rings. The number of para-hydroxylation sites is 2. The average Bonchev–Trinajstić information content (AvgIpc) is 3.02. The number of fused-ring (bicyclic) bond motifs is 2. The third kappa shape index (κ3) is 2.74. The maximum atomic E-state index is 12.5. The van der Waals surface area contributed by atoms with Crippen molar-refractivity contribution in [3.63, 3.8) is 0 Å². The molecule has 7 heteroatoms. The Morgan fingerprint density at radius 3 is 2.84 bits per heavy atom. The van der Waals surface area contributed by atoms with Crippen molar-refractivity contribution in [3.8, 4) is 5.75 Å². The number of methoxy groups -OCH3 is 1. The molecule has 6 nitrogen and oxygen atoms in total. The van der Waals surface area contributed by atoms with Crippen LogP contribution in [0.1, 0.15) is 10.4 Å².